The average Bonchev–Trinajstić information content (AvgIpc) is 2.43. The van der Waals surface area contributed by atoms with Crippen molar-refractivity contribution in [2.75, 3.05) is 7.05 Å². The molecule has 1 heterocycles. The average molecular weight is 323 g/mol. The van der Waals surface area contributed by atoms with Gasteiger partial charge in [-0.2, -0.15) is 0 Å². The van der Waals surface area contributed by atoms with Crippen molar-refractivity contribution in [2.24, 2.45) is 0 Å². The highest BCUT2D eigenvalue weighted by Crippen LogP contribution is 2.34. The second kappa shape index (κ2) is 6.26. The predicted molar refractivity (Wildman–Crippen MR) is 78.6 cm³/mol. The van der Waals surface area contributed by atoms with E-state index in [2.05, 4.69) is 26.2 Å². The Morgan fingerprint density at radius 3 is 2.58 bits per heavy atom. The zero-order chi connectivity index (χ0) is 13.8. The smallest absolute Gasteiger partial charge is 0.129 e. The Balaban J connectivity index is 2.40. The van der Waals surface area contributed by atoms with Crippen LogP contribution in [0.4, 0.5) is 4.39 Å². The first kappa shape index (κ1) is 14.2. The number of halogens is 2. The van der Waals surface area contributed by atoms with E-state index in [1.807, 2.05) is 38.2 Å². The van der Waals surface area contributed by atoms with E-state index >= 15 is 0 Å². The summed E-state index contributed by atoms with van der Waals surface area (Å²) in [5.74, 6) is -0.143. The third-order valence-corrected chi connectivity index (χ3v) is 3.97. The fourth-order valence-corrected chi connectivity index (χ4v) is 2.86. The second-order valence-electron chi connectivity index (χ2n) is 4.44. The molecule has 0 saturated carbocycles. The van der Waals surface area contributed by atoms with Crippen LogP contribution in [0.25, 0.3) is 0 Å². The Morgan fingerprint density at radius 2 is 2.00 bits per heavy atom. The predicted octanol–water partition coefficient (Wildman–Crippen LogP) is 4.05. The van der Waals surface area contributed by atoms with Gasteiger partial charge in [-0.3, -0.25) is 4.98 Å². The number of nitrogens with zero attached hydrogens (tertiary/aromatic N) is 1. The van der Waals surface area contributed by atoms with Crippen molar-refractivity contribution in [3.8, 4) is 0 Å². The van der Waals surface area contributed by atoms with E-state index in [0.717, 1.165) is 10.2 Å². The van der Waals surface area contributed by atoms with Gasteiger partial charge in [0.2, 0.25) is 0 Å². The van der Waals surface area contributed by atoms with Gasteiger partial charge in [-0.1, -0.05) is 35.0 Å². The Kier molecular flexibility index (Phi) is 4.66. The summed E-state index contributed by atoms with van der Waals surface area (Å²) in [7, 11) is 1.84. The van der Waals surface area contributed by atoms with Gasteiger partial charge in [-0.15, -0.1) is 0 Å². The zero-order valence-electron chi connectivity index (χ0n) is 10.9. The molecule has 1 aromatic heterocycles. The molecule has 1 aromatic carbocycles. The van der Waals surface area contributed by atoms with E-state index in [-0.39, 0.29) is 17.8 Å². The van der Waals surface area contributed by atoms with Gasteiger partial charge in [0.15, 0.2) is 0 Å². The van der Waals surface area contributed by atoms with E-state index in [4.69, 9.17) is 0 Å². The Bertz CT molecular complexity index is 525. The molecule has 2 atom stereocenters. The molecule has 0 aliphatic heterocycles. The van der Waals surface area contributed by atoms with Gasteiger partial charge in [0.05, 0.1) is 0 Å². The molecule has 2 rings (SSSR count). The molecule has 0 spiro atoms. The third kappa shape index (κ3) is 3.01. The normalized spacial score (nSPS) is 14.1. The van der Waals surface area contributed by atoms with Crippen molar-refractivity contribution in [3.63, 3.8) is 0 Å². The maximum Gasteiger partial charge on any atom is 0.129 e. The molecule has 100 valence electrons. The maximum atomic E-state index is 14.1. The van der Waals surface area contributed by atoms with Crippen LogP contribution in [0.1, 0.15) is 30.1 Å². The third-order valence-electron chi connectivity index (χ3n) is 3.28. The fourth-order valence-electron chi connectivity index (χ4n) is 2.27. The molecule has 0 aliphatic carbocycles. The van der Waals surface area contributed by atoms with Crippen molar-refractivity contribution in [2.45, 2.75) is 18.9 Å². The number of hydrogen-bond acceptors (Lipinski definition) is 2. The molecule has 19 heavy (non-hydrogen) atoms. The lowest BCUT2D eigenvalue weighted by Gasteiger charge is -2.25. The van der Waals surface area contributed by atoms with E-state index in [9.17, 15) is 4.39 Å². The highest BCUT2D eigenvalue weighted by atomic mass is 79.9. The summed E-state index contributed by atoms with van der Waals surface area (Å²) in [6, 6.07) is 10.7. The molecule has 0 amide bonds. The lowest BCUT2D eigenvalue weighted by Crippen LogP contribution is -2.24. The molecule has 2 unspecified atom stereocenters. The summed E-state index contributed by atoms with van der Waals surface area (Å²) >= 11 is 3.43. The Hall–Kier alpha value is -1.26. The first-order chi connectivity index (χ1) is 9.15. The van der Waals surface area contributed by atoms with Gasteiger partial charge in [-0.25, -0.2) is 4.39 Å². The van der Waals surface area contributed by atoms with Gasteiger partial charge in [0, 0.05) is 33.9 Å². The van der Waals surface area contributed by atoms with Crippen LogP contribution in [0, 0.1) is 5.82 Å². The summed E-state index contributed by atoms with van der Waals surface area (Å²) in [6.07, 6.45) is 1.76. The van der Waals surface area contributed by atoms with Crippen molar-refractivity contribution < 1.29 is 4.39 Å². The van der Waals surface area contributed by atoms with Crippen LogP contribution < -0.4 is 5.32 Å². The first-order valence-electron chi connectivity index (χ1n) is 6.17. The Labute approximate surface area is 121 Å². The molecule has 0 radical (unpaired) electrons. The summed E-state index contributed by atoms with van der Waals surface area (Å²) in [5.41, 5.74) is 1.58. The van der Waals surface area contributed by atoms with Gasteiger partial charge in [0.1, 0.15) is 5.82 Å². The zero-order valence-corrected chi connectivity index (χ0v) is 12.5. The number of likely N-dealkylation sites (N-methyl/N-ethyl adjacent to an activating group) is 1. The van der Waals surface area contributed by atoms with Gasteiger partial charge in [0.25, 0.3) is 0 Å². The summed E-state index contributed by atoms with van der Waals surface area (Å²) in [4.78, 5) is 4.35. The summed E-state index contributed by atoms with van der Waals surface area (Å²) < 4.78 is 14.8. The molecule has 0 aliphatic rings. The number of aromatic nitrogens is 1. The number of hydrogen-bond donors (Lipinski definition) is 1. The van der Waals surface area contributed by atoms with Crippen molar-refractivity contribution in [1.82, 2.24) is 10.3 Å². The topological polar surface area (TPSA) is 24.9 Å². The van der Waals surface area contributed by atoms with Crippen molar-refractivity contribution >= 4 is 15.9 Å². The lowest BCUT2D eigenvalue weighted by molar-refractivity contribution is 0.469. The number of rotatable bonds is 4. The van der Waals surface area contributed by atoms with E-state index in [1.165, 1.54) is 6.07 Å². The fraction of sp³-hybridized carbons (Fsp3) is 0.267. The molecule has 0 fully saturated rings. The molecular weight excluding hydrogens is 307 g/mol. The second-order valence-corrected chi connectivity index (χ2v) is 5.30. The molecular formula is C15H16BrFN2. The van der Waals surface area contributed by atoms with Gasteiger partial charge in [-0.05, 0) is 31.3 Å². The SMILES string of the molecule is CNC(c1c(F)cccc1Br)C(C)c1ccccn1. The van der Waals surface area contributed by atoms with Gasteiger partial charge < -0.3 is 5.32 Å². The van der Waals surface area contributed by atoms with Crippen LogP contribution in [0.2, 0.25) is 0 Å². The Morgan fingerprint density at radius 1 is 1.21 bits per heavy atom. The van der Waals surface area contributed by atoms with Crippen LogP contribution >= 0.6 is 15.9 Å². The lowest BCUT2D eigenvalue weighted by atomic mass is 9.91. The standard InChI is InChI=1S/C15H16BrFN2/c1-10(13-8-3-4-9-19-13)15(18-2)14-11(16)6-5-7-12(14)17/h3-10,15,18H,1-2H3. The molecule has 2 nitrogen and oxygen atoms in total. The van der Waals surface area contributed by atoms with Gasteiger partial charge >= 0.3 is 0 Å². The molecule has 4 heteroatoms. The highest BCUT2D eigenvalue weighted by Gasteiger charge is 2.24. The van der Waals surface area contributed by atoms with Crippen molar-refractivity contribution in [1.29, 1.82) is 0 Å². The summed E-state index contributed by atoms with van der Waals surface area (Å²) in [6.45, 7) is 2.04. The van der Waals surface area contributed by atoms with Crippen LogP contribution in [0.5, 0.6) is 0 Å². The number of pyridine rings is 1. The monoisotopic (exact) mass is 322 g/mol. The summed E-state index contributed by atoms with van der Waals surface area (Å²) in [5, 5.41) is 3.19. The number of nitrogens with one attached hydrogen (secondary N) is 1. The highest BCUT2D eigenvalue weighted by molar-refractivity contribution is 9.10. The minimum Gasteiger partial charge on any atom is -0.312 e. The molecule has 0 saturated heterocycles. The van der Waals surface area contributed by atoms with E-state index in [0.29, 0.717) is 5.56 Å². The molecule has 0 bridgehead atoms. The largest absolute Gasteiger partial charge is 0.312 e. The quantitative estimate of drug-likeness (QED) is 0.918. The first-order valence-corrected chi connectivity index (χ1v) is 6.96. The number of benzene rings is 1. The van der Waals surface area contributed by atoms with Crippen LogP contribution in [-0.2, 0) is 0 Å². The van der Waals surface area contributed by atoms with E-state index in [1.54, 1.807) is 12.3 Å². The molecule has 2 aromatic rings. The van der Waals surface area contributed by atoms with Crippen LogP contribution in [0.3, 0.4) is 0 Å². The van der Waals surface area contributed by atoms with Crippen molar-refractivity contribution in [3.05, 3.63) is 64.1 Å². The van der Waals surface area contributed by atoms with Crippen LogP contribution in [0.15, 0.2) is 47.1 Å². The minimum absolute atomic E-state index is 0.0689. The maximum absolute atomic E-state index is 14.1. The van der Waals surface area contributed by atoms with Crippen LogP contribution in [-0.4, -0.2) is 12.0 Å². The molecule has 1 N–H and O–H groups in total. The van der Waals surface area contributed by atoms with E-state index < -0.39 is 0 Å². The minimum atomic E-state index is -0.212.